The van der Waals surface area contributed by atoms with Gasteiger partial charge in [-0.2, -0.15) is 0 Å². The minimum absolute atomic E-state index is 0.108. The van der Waals surface area contributed by atoms with Crippen molar-refractivity contribution in [3.63, 3.8) is 0 Å². The van der Waals surface area contributed by atoms with Crippen LogP contribution >= 0.6 is 15.6 Å². The monoisotopic (exact) mass is 1520 g/mol. The summed E-state index contributed by atoms with van der Waals surface area (Å²) in [4.78, 5) is 73.2. The van der Waals surface area contributed by atoms with E-state index in [1.165, 1.54) is 257 Å². The number of ether oxygens (including phenoxy) is 4. The average Bonchev–Trinajstić information content (AvgIpc) is 0.963. The van der Waals surface area contributed by atoms with Crippen molar-refractivity contribution in [1.82, 2.24) is 0 Å². The molecule has 19 heteroatoms. The van der Waals surface area contributed by atoms with Crippen molar-refractivity contribution in [1.29, 1.82) is 0 Å². The van der Waals surface area contributed by atoms with E-state index in [0.29, 0.717) is 25.7 Å². The van der Waals surface area contributed by atoms with E-state index in [9.17, 15) is 43.2 Å². The number of unbranched alkanes of at least 4 members (excludes halogenated alkanes) is 51. The SMILES string of the molecule is CCCCCCCCCCCCCCCCCCCC(=O)O[C@H](COC(=O)CCCCCCCCCCCC(C)C)COP(=O)(O)OC[C@H](O)COP(=O)(O)OC[C@@H](COC(=O)CCCCCCCCCCCCCCCCC(C)C)OC(=O)CCCCCCCCCCCCCCCCCC(C)C. The van der Waals surface area contributed by atoms with Crippen molar-refractivity contribution in [3.8, 4) is 0 Å². The quantitative estimate of drug-likeness (QED) is 0.0222. The predicted octanol–water partition coefficient (Wildman–Crippen LogP) is 25.7. The Kier molecular flexibility index (Phi) is 73.7. The van der Waals surface area contributed by atoms with Gasteiger partial charge in [0.2, 0.25) is 0 Å². The molecule has 0 radical (unpaired) electrons. The summed E-state index contributed by atoms with van der Waals surface area (Å²) < 4.78 is 68.9. The maximum Gasteiger partial charge on any atom is 0.472 e. The smallest absolute Gasteiger partial charge is 0.462 e. The van der Waals surface area contributed by atoms with E-state index in [1.807, 2.05) is 0 Å². The highest BCUT2D eigenvalue weighted by atomic mass is 31.2. The maximum absolute atomic E-state index is 13.1. The van der Waals surface area contributed by atoms with Crippen LogP contribution in [0.5, 0.6) is 0 Å². The fourth-order valence-corrected chi connectivity index (χ4v) is 14.8. The average molecular weight is 1520 g/mol. The molecule has 0 rings (SSSR count). The Hall–Kier alpha value is -1.94. The molecule has 0 aromatic heterocycles. The summed E-state index contributed by atoms with van der Waals surface area (Å²) in [5, 5.41) is 10.7. The molecule has 104 heavy (non-hydrogen) atoms. The lowest BCUT2D eigenvalue weighted by Gasteiger charge is -2.21. The van der Waals surface area contributed by atoms with Crippen molar-refractivity contribution in [2.75, 3.05) is 39.6 Å². The van der Waals surface area contributed by atoms with E-state index in [-0.39, 0.29) is 25.7 Å². The Morgan fingerprint density at radius 2 is 0.442 bits per heavy atom. The number of hydrogen-bond donors (Lipinski definition) is 3. The third kappa shape index (κ3) is 78.2. The summed E-state index contributed by atoms with van der Waals surface area (Å²) in [5.74, 6) is 0.241. The second-order valence-electron chi connectivity index (χ2n) is 32.0. The first-order chi connectivity index (χ1) is 50.2. The normalized spacial score (nSPS) is 13.9. The zero-order valence-electron chi connectivity index (χ0n) is 68.5. The summed E-state index contributed by atoms with van der Waals surface area (Å²) in [5.41, 5.74) is 0. The van der Waals surface area contributed by atoms with Crippen LogP contribution in [0.15, 0.2) is 0 Å². The molecule has 2 unspecified atom stereocenters. The van der Waals surface area contributed by atoms with Crippen molar-refractivity contribution in [3.05, 3.63) is 0 Å². The van der Waals surface area contributed by atoms with Gasteiger partial charge in [-0.3, -0.25) is 37.3 Å². The Balaban J connectivity index is 5.26. The Labute approximate surface area is 638 Å². The van der Waals surface area contributed by atoms with Gasteiger partial charge in [0, 0.05) is 25.7 Å². The molecule has 0 aliphatic heterocycles. The number of esters is 4. The van der Waals surface area contributed by atoms with Crippen LogP contribution in [-0.4, -0.2) is 96.7 Å². The van der Waals surface area contributed by atoms with Gasteiger partial charge in [0.05, 0.1) is 26.4 Å². The summed E-state index contributed by atoms with van der Waals surface area (Å²) in [6.07, 6.45) is 65.2. The standard InChI is InChI=1S/C85H166O17P2/c1-8-9-10-11-12-13-14-15-16-17-20-27-32-39-47-54-61-68-85(90)102-81(73-96-83(88)67-60-53-46-41-34-37-44-51-58-65-78(6)7)75-100-104(93,94)98-71-79(86)70-97-103(91,92)99-74-80(72-95-82(87)66-59-52-45-38-31-26-23-22-25-30-36-43-50-57-64-77(4)5)101-84(89)69-62-55-48-40-33-28-21-18-19-24-29-35-42-49-56-63-76(2)3/h76-81,86H,8-75H2,1-7H3,(H,91,92)(H,93,94)/t79-,80-,81-/m1/s1. The molecule has 0 heterocycles. The largest absolute Gasteiger partial charge is 0.472 e. The highest BCUT2D eigenvalue weighted by molar-refractivity contribution is 7.47. The lowest BCUT2D eigenvalue weighted by molar-refractivity contribution is -0.161. The lowest BCUT2D eigenvalue weighted by atomic mass is 10.0. The van der Waals surface area contributed by atoms with Crippen LogP contribution in [0.1, 0.15) is 447 Å². The number of carbonyl (C=O) groups excluding carboxylic acids is 4. The van der Waals surface area contributed by atoms with Crippen LogP contribution in [0.25, 0.3) is 0 Å². The highest BCUT2D eigenvalue weighted by Crippen LogP contribution is 2.45. The second kappa shape index (κ2) is 75.1. The van der Waals surface area contributed by atoms with Crippen LogP contribution in [0.3, 0.4) is 0 Å². The van der Waals surface area contributed by atoms with Gasteiger partial charge in [-0.25, -0.2) is 9.13 Å². The van der Waals surface area contributed by atoms with Gasteiger partial charge in [0.1, 0.15) is 19.3 Å². The van der Waals surface area contributed by atoms with Crippen molar-refractivity contribution in [2.24, 2.45) is 17.8 Å². The molecule has 0 bridgehead atoms. The Morgan fingerprint density at radius 3 is 0.654 bits per heavy atom. The summed E-state index contributed by atoms with van der Waals surface area (Å²) in [7, 11) is -9.93. The molecular weight excluding hydrogens is 1350 g/mol. The van der Waals surface area contributed by atoms with Gasteiger partial charge >= 0.3 is 39.5 Å². The zero-order valence-corrected chi connectivity index (χ0v) is 70.3. The summed E-state index contributed by atoms with van der Waals surface area (Å²) >= 11 is 0. The van der Waals surface area contributed by atoms with E-state index in [1.54, 1.807) is 0 Å². The third-order valence-electron chi connectivity index (χ3n) is 19.9. The van der Waals surface area contributed by atoms with Crippen molar-refractivity contribution < 1.29 is 80.2 Å². The molecule has 5 atom stereocenters. The predicted molar refractivity (Wildman–Crippen MR) is 428 cm³/mol. The molecular formula is C85H166O17P2. The van der Waals surface area contributed by atoms with Crippen molar-refractivity contribution in [2.45, 2.75) is 465 Å². The maximum atomic E-state index is 13.1. The summed E-state index contributed by atoms with van der Waals surface area (Å²) in [6.45, 7) is 12.0. The van der Waals surface area contributed by atoms with Gasteiger partial charge in [-0.15, -0.1) is 0 Å². The molecule has 0 aliphatic rings. The number of phosphoric ester groups is 2. The van der Waals surface area contributed by atoms with Crippen LogP contribution in [-0.2, 0) is 65.4 Å². The number of phosphoric acid groups is 2. The molecule has 0 aromatic carbocycles. The van der Waals surface area contributed by atoms with Crippen LogP contribution < -0.4 is 0 Å². The number of aliphatic hydroxyl groups is 1. The molecule has 618 valence electrons. The van der Waals surface area contributed by atoms with Crippen molar-refractivity contribution >= 4 is 39.5 Å². The molecule has 0 spiro atoms. The van der Waals surface area contributed by atoms with E-state index in [0.717, 1.165) is 108 Å². The number of hydrogen-bond acceptors (Lipinski definition) is 15. The van der Waals surface area contributed by atoms with Gasteiger partial charge in [-0.1, -0.05) is 395 Å². The molecule has 0 saturated heterocycles. The third-order valence-corrected chi connectivity index (χ3v) is 21.8. The fourth-order valence-electron chi connectivity index (χ4n) is 13.2. The first-order valence-electron chi connectivity index (χ1n) is 43.8. The van der Waals surface area contributed by atoms with Crippen LogP contribution in [0.2, 0.25) is 0 Å². The van der Waals surface area contributed by atoms with Gasteiger partial charge < -0.3 is 33.8 Å². The second-order valence-corrected chi connectivity index (χ2v) is 34.9. The van der Waals surface area contributed by atoms with E-state index in [4.69, 9.17) is 37.0 Å². The lowest BCUT2D eigenvalue weighted by Crippen LogP contribution is -2.30. The molecule has 0 fully saturated rings. The fraction of sp³-hybridized carbons (Fsp3) is 0.953. The van der Waals surface area contributed by atoms with Crippen LogP contribution in [0, 0.1) is 17.8 Å². The number of rotatable bonds is 83. The zero-order chi connectivity index (χ0) is 76.5. The molecule has 17 nitrogen and oxygen atoms in total. The van der Waals surface area contributed by atoms with Gasteiger partial charge in [0.25, 0.3) is 0 Å². The number of aliphatic hydroxyl groups excluding tert-OH is 1. The molecule has 0 saturated carbocycles. The first kappa shape index (κ1) is 102. The Morgan fingerprint density at radius 1 is 0.260 bits per heavy atom. The minimum atomic E-state index is -4.97. The highest BCUT2D eigenvalue weighted by Gasteiger charge is 2.30. The van der Waals surface area contributed by atoms with Gasteiger partial charge in [-0.05, 0) is 43.4 Å². The Bertz CT molecular complexity index is 2010. The van der Waals surface area contributed by atoms with Crippen LogP contribution in [0.4, 0.5) is 0 Å². The van der Waals surface area contributed by atoms with E-state index < -0.39 is 97.5 Å². The van der Waals surface area contributed by atoms with E-state index in [2.05, 4.69) is 48.5 Å². The molecule has 0 amide bonds. The molecule has 3 N–H and O–H groups in total. The topological polar surface area (TPSA) is 237 Å². The molecule has 0 aliphatic carbocycles. The minimum Gasteiger partial charge on any atom is -0.462 e. The summed E-state index contributed by atoms with van der Waals surface area (Å²) in [6, 6.07) is 0. The van der Waals surface area contributed by atoms with Gasteiger partial charge in [0.15, 0.2) is 12.2 Å². The molecule has 0 aromatic rings. The first-order valence-corrected chi connectivity index (χ1v) is 46.8. The van der Waals surface area contributed by atoms with E-state index >= 15 is 0 Å². The number of carbonyl (C=O) groups is 4.